The third-order valence-electron chi connectivity index (χ3n) is 5.58. The number of fused-ring (bicyclic) bond motifs is 1. The Morgan fingerprint density at radius 3 is 2.31 bits per heavy atom. The van der Waals surface area contributed by atoms with Crippen LogP contribution in [0.25, 0.3) is 10.9 Å². The summed E-state index contributed by atoms with van der Waals surface area (Å²) in [6.07, 6.45) is 1.98. The number of hydrogen-bond acceptors (Lipinski definition) is 3. The molecule has 0 saturated heterocycles. The highest BCUT2D eigenvalue weighted by Gasteiger charge is 2.50. The van der Waals surface area contributed by atoms with Crippen molar-refractivity contribution in [1.29, 1.82) is 0 Å². The van der Waals surface area contributed by atoms with E-state index in [-0.39, 0.29) is 11.9 Å². The second kappa shape index (κ2) is 6.74. The normalized spacial score (nSPS) is 19.8. The first-order valence-corrected chi connectivity index (χ1v) is 9.65. The van der Waals surface area contributed by atoms with Gasteiger partial charge >= 0.3 is 5.97 Å². The van der Waals surface area contributed by atoms with Gasteiger partial charge in [0.15, 0.2) is 5.54 Å². The topological polar surface area (TPSA) is 54.4 Å². The second-order valence-electron chi connectivity index (χ2n) is 7.45. The number of esters is 1. The Morgan fingerprint density at radius 2 is 1.55 bits per heavy atom. The third kappa shape index (κ3) is 2.85. The number of cyclic esters (lactones) is 1. The van der Waals surface area contributed by atoms with Crippen LogP contribution in [0.4, 0.5) is 0 Å². The summed E-state index contributed by atoms with van der Waals surface area (Å²) in [5.74, 6) is -0.247. The summed E-state index contributed by atoms with van der Waals surface area (Å²) in [4.78, 5) is 21.4. The van der Waals surface area contributed by atoms with Crippen molar-refractivity contribution in [3.05, 3.63) is 108 Å². The number of hydrogen-bond donors (Lipinski definition) is 1. The maximum atomic E-state index is 13.2. The highest BCUT2D eigenvalue weighted by molar-refractivity contribution is 6.08. The number of carbonyl (C=O) groups excluding carboxylic acids is 1. The summed E-state index contributed by atoms with van der Waals surface area (Å²) >= 11 is 0. The Morgan fingerprint density at radius 1 is 0.897 bits per heavy atom. The van der Waals surface area contributed by atoms with Gasteiger partial charge in [-0.1, -0.05) is 66.7 Å². The molecule has 0 radical (unpaired) electrons. The summed E-state index contributed by atoms with van der Waals surface area (Å²) in [6, 6.07) is 27.7. The zero-order chi connectivity index (χ0) is 19.8. The number of para-hydroxylation sites is 1. The van der Waals surface area contributed by atoms with Crippen LogP contribution in [0.5, 0.6) is 0 Å². The molecule has 29 heavy (non-hydrogen) atoms. The molecule has 0 unspecified atom stereocenters. The Kier molecular flexibility index (Phi) is 4.06. The maximum absolute atomic E-state index is 13.2. The number of carbonyl (C=O) groups is 1. The minimum absolute atomic E-state index is 0.284. The molecule has 5 rings (SSSR count). The van der Waals surface area contributed by atoms with Gasteiger partial charge in [0.05, 0.1) is 0 Å². The van der Waals surface area contributed by atoms with Gasteiger partial charge in [-0.3, -0.25) is 0 Å². The van der Waals surface area contributed by atoms with E-state index < -0.39 is 5.54 Å². The van der Waals surface area contributed by atoms with Crippen LogP contribution in [0, 0.1) is 0 Å². The first-order chi connectivity index (χ1) is 14.2. The van der Waals surface area contributed by atoms with Crippen LogP contribution in [-0.4, -0.2) is 22.4 Å². The van der Waals surface area contributed by atoms with E-state index in [2.05, 4.69) is 11.1 Å². The molecule has 2 heterocycles. The van der Waals surface area contributed by atoms with Crippen LogP contribution in [0.1, 0.15) is 29.5 Å². The molecule has 1 aliphatic heterocycles. The summed E-state index contributed by atoms with van der Waals surface area (Å²) in [5.41, 5.74) is 2.82. The molecular formula is C25H20N2O2. The first-order valence-electron chi connectivity index (χ1n) is 9.65. The van der Waals surface area contributed by atoms with Crippen molar-refractivity contribution in [2.24, 2.45) is 4.99 Å². The Hall–Kier alpha value is -3.66. The highest BCUT2D eigenvalue weighted by Crippen LogP contribution is 2.43. The molecule has 1 N–H and O–H groups in total. The van der Waals surface area contributed by atoms with E-state index >= 15 is 0 Å². The fourth-order valence-electron chi connectivity index (χ4n) is 4.14. The monoisotopic (exact) mass is 380 g/mol. The predicted octanol–water partition coefficient (Wildman–Crippen LogP) is 5.06. The van der Waals surface area contributed by atoms with E-state index in [1.807, 2.05) is 92.0 Å². The van der Waals surface area contributed by atoms with Crippen molar-refractivity contribution >= 4 is 22.8 Å². The lowest BCUT2D eigenvalue weighted by Gasteiger charge is -2.28. The van der Waals surface area contributed by atoms with Crippen molar-refractivity contribution in [3.63, 3.8) is 0 Å². The summed E-state index contributed by atoms with van der Waals surface area (Å²) in [6.45, 7) is 1.87. The zero-order valence-electron chi connectivity index (χ0n) is 16.0. The number of aromatic amines is 1. The Bertz CT molecular complexity index is 1210. The lowest BCUT2D eigenvalue weighted by molar-refractivity contribution is -0.138. The fraction of sp³-hybridized carbons (Fsp3) is 0.120. The number of H-pyrrole nitrogens is 1. The molecule has 0 saturated carbocycles. The quantitative estimate of drug-likeness (QED) is 0.503. The fourth-order valence-corrected chi connectivity index (χ4v) is 4.14. The molecule has 0 bridgehead atoms. The van der Waals surface area contributed by atoms with Crippen molar-refractivity contribution in [2.75, 3.05) is 0 Å². The minimum atomic E-state index is -1.07. The number of rotatable bonds is 4. The number of aromatic nitrogens is 1. The van der Waals surface area contributed by atoms with Gasteiger partial charge in [-0.05, 0) is 36.2 Å². The molecule has 0 spiro atoms. The van der Waals surface area contributed by atoms with Crippen molar-refractivity contribution in [3.8, 4) is 0 Å². The minimum Gasteiger partial charge on any atom is -0.405 e. The van der Waals surface area contributed by atoms with Crippen LogP contribution < -0.4 is 0 Å². The largest absolute Gasteiger partial charge is 0.405 e. The number of ether oxygens (including phenoxy) is 1. The average molecular weight is 380 g/mol. The van der Waals surface area contributed by atoms with Gasteiger partial charge in [-0.25, -0.2) is 9.79 Å². The number of aliphatic imine (C=N–C) groups is 1. The molecule has 2 atom stereocenters. The molecule has 142 valence electrons. The first kappa shape index (κ1) is 17.4. The molecule has 1 aliphatic rings. The Labute approximate surface area is 168 Å². The van der Waals surface area contributed by atoms with Crippen molar-refractivity contribution in [2.45, 2.75) is 18.4 Å². The number of nitrogens with zero attached hydrogens (tertiary/aromatic N) is 1. The smallest absolute Gasteiger partial charge is 0.341 e. The highest BCUT2D eigenvalue weighted by atomic mass is 16.6. The third-order valence-corrected chi connectivity index (χ3v) is 5.58. The molecule has 1 aromatic heterocycles. The molecule has 4 nitrogen and oxygen atoms in total. The Balaban J connectivity index is 1.71. The number of benzene rings is 3. The van der Waals surface area contributed by atoms with E-state index in [0.29, 0.717) is 5.90 Å². The van der Waals surface area contributed by atoms with Crippen LogP contribution in [0.2, 0.25) is 0 Å². The standard InChI is InChI=1S/C25H20N2O2/c1-25(24(28)29-23(27-25)18-12-6-3-7-13-18)22(17-10-4-2-5-11-17)20-16-26-21-15-9-8-14-19(20)21/h2-16,22,26H,1H3/t22-,25+/m1/s1. The van der Waals surface area contributed by atoms with E-state index in [9.17, 15) is 4.79 Å². The molecule has 0 amide bonds. The van der Waals surface area contributed by atoms with Gasteiger partial charge in [-0.2, -0.15) is 0 Å². The van der Waals surface area contributed by atoms with Gasteiger partial charge in [0.25, 0.3) is 0 Å². The van der Waals surface area contributed by atoms with E-state index in [1.165, 1.54) is 0 Å². The van der Waals surface area contributed by atoms with Gasteiger partial charge < -0.3 is 9.72 Å². The number of nitrogens with one attached hydrogen (secondary N) is 1. The maximum Gasteiger partial charge on any atom is 0.341 e. The molecule has 0 fully saturated rings. The van der Waals surface area contributed by atoms with Crippen LogP contribution >= 0.6 is 0 Å². The van der Waals surface area contributed by atoms with Crippen molar-refractivity contribution in [1.82, 2.24) is 4.98 Å². The summed E-state index contributed by atoms with van der Waals surface area (Å²) < 4.78 is 5.68. The van der Waals surface area contributed by atoms with Gasteiger partial charge in [0, 0.05) is 28.6 Å². The average Bonchev–Trinajstić information content (AvgIpc) is 3.31. The molecule has 4 aromatic rings. The van der Waals surface area contributed by atoms with Gasteiger partial charge in [0.2, 0.25) is 5.90 Å². The van der Waals surface area contributed by atoms with E-state index in [0.717, 1.165) is 27.6 Å². The molecular weight excluding hydrogens is 360 g/mol. The van der Waals surface area contributed by atoms with Gasteiger partial charge in [0.1, 0.15) is 0 Å². The van der Waals surface area contributed by atoms with Gasteiger partial charge in [-0.15, -0.1) is 0 Å². The van der Waals surface area contributed by atoms with Crippen LogP contribution in [-0.2, 0) is 9.53 Å². The molecule has 3 aromatic carbocycles. The molecule has 0 aliphatic carbocycles. The summed E-state index contributed by atoms with van der Waals surface area (Å²) in [5, 5.41) is 1.08. The second-order valence-corrected chi connectivity index (χ2v) is 7.45. The summed E-state index contributed by atoms with van der Waals surface area (Å²) in [7, 11) is 0. The van der Waals surface area contributed by atoms with Crippen LogP contribution in [0.3, 0.4) is 0 Å². The predicted molar refractivity (Wildman–Crippen MR) is 114 cm³/mol. The van der Waals surface area contributed by atoms with Crippen molar-refractivity contribution < 1.29 is 9.53 Å². The molecule has 4 heteroatoms. The SMILES string of the molecule is C[C@@]1([C@H](c2ccccc2)c2c[nH]c3ccccc23)N=C(c2ccccc2)OC1=O. The zero-order valence-corrected chi connectivity index (χ0v) is 16.0. The van der Waals surface area contributed by atoms with Crippen LogP contribution in [0.15, 0.2) is 96.1 Å². The lowest BCUT2D eigenvalue weighted by atomic mass is 9.76. The van der Waals surface area contributed by atoms with E-state index in [4.69, 9.17) is 9.73 Å². The lowest BCUT2D eigenvalue weighted by Crippen LogP contribution is -2.38. The van der Waals surface area contributed by atoms with E-state index in [1.54, 1.807) is 0 Å².